The molecule has 8 nitrogen and oxygen atoms in total. The summed E-state index contributed by atoms with van der Waals surface area (Å²) in [5.74, 6) is 1.27. The molecule has 1 aliphatic heterocycles. The Bertz CT molecular complexity index is 1340. The molecule has 0 spiro atoms. The quantitative estimate of drug-likeness (QED) is 0.485. The molecule has 0 N–H and O–H groups in total. The van der Waals surface area contributed by atoms with Gasteiger partial charge in [-0.3, -0.25) is 14.2 Å². The van der Waals surface area contributed by atoms with Gasteiger partial charge in [-0.1, -0.05) is 18.2 Å². The lowest BCUT2D eigenvalue weighted by Crippen LogP contribution is -2.49. The van der Waals surface area contributed by atoms with Crippen LogP contribution in [0.5, 0.6) is 5.75 Å². The van der Waals surface area contributed by atoms with E-state index in [0.717, 1.165) is 0 Å². The molecule has 33 heavy (non-hydrogen) atoms. The summed E-state index contributed by atoms with van der Waals surface area (Å²) in [4.78, 5) is 39.3. The van der Waals surface area contributed by atoms with Gasteiger partial charge in [0.25, 0.3) is 11.5 Å². The average Bonchev–Trinajstić information content (AvgIpc) is 2.89. The van der Waals surface area contributed by atoms with Crippen LogP contribution < -0.4 is 15.2 Å². The first-order valence-electron chi connectivity index (χ1n) is 10.8. The number of carbonyl (C=O) groups is 1. The molecular weight excluding hydrogens is 418 g/mol. The first kappa shape index (κ1) is 20.7. The van der Waals surface area contributed by atoms with Crippen LogP contribution in [0.4, 0.5) is 5.95 Å². The third kappa shape index (κ3) is 3.91. The molecule has 2 aromatic heterocycles. The zero-order valence-corrected chi connectivity index (χ0v) is 18.2. The minimum atomic E-state index is -0.168. The molecule has 0 atom stereocenters. The molecule has 2 aromatic carbocycles. The summed E-state index contributed by atoms with van der Waals surface area (Å²) in [6.45, 7) is 2.39. The van der Waals surface area contributed by atoms with Crippen molar-refractivity contribution in [2.75, 3.05) is 38.2 Å². The second kappa shape index (κ2) is 8.74. The largest absolute Gasteiger partial charge is 0.497 e. The SMILES string of the molecule is COc1ccc(-n2cc(C(=O)N3CCN(c4ncccn4)CC3)c3ccccc3c2=O)cc1. The highest BCUT2D eigenvalue weighted by atomic mass is 16.5. The summed E-state index contributed by atoms with van der Waals surface area (Å²) in [5.41, 5.74) is 1.01. The summed E-state index contributed by atoms with van der Waals surface area (Å²) in [6.07, 6.45) is 5.09. The van der Waals surface area contributed by atoms with E-state index in [1.54, 1.807) is 50.0 Å². The fourth-order valence-electron chi connectivity index (χ4n) is 4.13. The number of ether oxygens (including phenoxy) is 1. The van der Waals surface area contributed by atoms with Gasteiger partial charge in [-0.05, 0) is 36.4 Å². The van der Waals surface area contributed by atoms with E-state index in [1.165, 1.54) is 4.57 Å². The standard InChI is InChI=1S/C25H23N5O3/c1-33-19-9-7-18(8-10-19)30-17-22(20-5-2-3-6-21(20)24(30)32)23(31)28-13-15-29(16-14-28)25-26-11-4-12-27-25/h2-12,17H,13-16H2,1H3. The van der Waals surface area contributed by atoms with Crippen LogP contribution in [0, 0.1) is 0 Å². The van der Waals surface area contributed by atoms with Crippen LogP contribution in [0.3, 0.4) is 0 Å². The third-order valence-electron chi connectivity index (χ3n) is 5.91. The van der Waals surface area contributed by atoms with E-state index in [9.17, 15) is 9.59 Å². The number of methoxy groups -OCH3 is 1. The Balaban J connectivity index is 1.49. The first-order valence-corrected chi connectivity index (χ1v) is 10.8. The highest BCUT2D eigenvalue weighted by Crippen LogP contribution is 2.22. The molecule has 1 fully saturated rings. The fourth-order valence-corrected chi connectivity index (χ4v) is 4.13. The van der Waals surface area contributed by atoms with Gasteiger partial charge in [0.05, 0.1) is 12.7 Å². The number of benzene rings is 2. The van der Waals surface area contributed by atoms with E-state index >= 15 is 0 Å². The maximum absolute atomic E-state index is 13.6. The van der Waals surface area contributed by atoms with Crippen molar-refractivity contribution in [3.8, 4) is 11.4 Å². The van der Waals surface area contributed by atoms with Crippen LogP contribution in [0.25, 0.3) is 16.5 Å². The Hall–Kier alpha value is -4.20. The van der Waals surface area contributed by atoms with E-state index in [0.29, 0.717) is 59.9 Å². The van der Waals surface area contributed by atoms with Gasteiger partial charge in [0.15, 0.2) is 0 Å². The zero-order chi connectivity index (χ0) is 22.8. The van der Waals surface area contributed by atoms with Gasteiger partial charge >= 0.3 is 0 Å². The normalized spacial score (nSPS) is 13.8. The number of fused-ring (bicyclic) bond motifs is 1. The third-order valence-corrected chi connectivity index (χ3v) is 5.91. The molecule has 3 heterocycles. The number of hydrogen-bond donors (Lipinski definition) is 0. The fraction of sp³-hybridized carbons (Fsp3) is 0.200. The Kier molecular flexibility index (Phi) is 5.48. The van der Waals surface area contributed by atoms with Crippen molar-refractivity contribution < 1.29 is 9.53 Å². The molecule has 0 radical (unpaired) electrons. The number of pyridine rings is 1. The van der Waals surface area contributed by atoms with E-state index in [1.807, 2.05) is 35.2 Å². The molecule has 1 amide bonds. The Morgan fingerprint density at radius 1 is 0.879 bits per heavy atom. The van der Waals surface area contributed by atoms with Gasteiger partial charge in [-0.2, -0.15) is 0 Å². The predicted molar refractivity (Wildman–Crippen MR) is 126 cm³/mol. The van der Waals surface area contributed by atoms with Crippen molar-refractivity contribution in [3.63, 3.8) is 0 Å². The number of amides is 1. The van der Waals surface area contributed by atoms with E-state index in [-0.39, 0.29) is 11.5 Å². The number of carbonyl (C=O) groups excluding carboxylic acids is 1. The summed E-state index contributed by atoms with van der Waals surface area (Å²) in [5, 5.41) is 1.17. The Morgan fingerprint density at radius 3 is 2.21 bits per heavy atom. The summed E-state index contributed by atoms with van der Waals surface area (Å²) in [6, 6.07) is 16.2. The van der Waals surface area contributed by atoms with Crippen LogP contribution in [0.15, 0.2) is 78.0 Å². The van der Waals surface area contributed by atoms with Gasteiger partial charge in [0.2, 0.25) is 5.95 Å². The summed E-state index contributed by atoms with van der Waals surface area (Å²) < 4.78 is 6.76. The van der Waals surface area contributed by atoms with Gasteiger partial charge in [-0.25, -0.2) is 9.97 Å². The van der Waals surface area contributed by atoms with Crippen molar-refractivity contribution >= 4 is 22.6 Å². The molecule has 0 bridgehead atoms. The van der Waals surface area contributed by atoms with Crippen LogP contribution in [0.1, 0.15) is 10.4 Å². The zero-order valence-electron chi connectivity index (χ0n) is 18.2. The lowest BCUT2D eigenvalue weighted by atomic mass is 10.1. The minimum Gasteiger partial charge on any atom is -0.497 e. The lowest BCUT2D eigenvalue weighted by molar-refractivity contribution is 0.0747. The van der Waals surface area contributed by atoms with E-state index in [4.69, 9.17) is 4.74 Å². The van der Waals surface area contributed by atoms with Gasteiger partial charge in [-0.15, -0.1) is 0 Å². The van der Waals surface area contributed by atoms with Gasteiger partial charge in [0, 0.05) is 61.2 Å². The van der Waals surface area contributed by atoms with Crippen LogP contribution >= 0.6 is 0 Å². The maximum atomic E-state index is 13.6. The maximum Gasteiger partial charge on any atom is 0.262 e. The van der Waals surface area contributed by atoms with E-state index < -0.39 is 0 Å². The number of rotatable bonds is 4. The van der Waals surface area contributed by atoms with Crippen molar-refractivity contribution in [3.05, 3.63) is 89.1 Å². The monoisotopic (exact) mass is 441 g/mol. The number of aromatic nitrogens is 3. The number of piperazine rings is 1. The highest BCUT2D eigenvalue weighted by Gasteiger charge is 2.25. The topological polar surface area (TPSA) is 80.6 Å². The highest BCUT2D eigenvalue weighted by molar-refractivity contribution is 6.06. The molecule has 1 saturated heterocycles. The molecule has 5 rings (SSSR count). The van der Waals surface area contributed by atoms with Crippen molar-refractivity contribution in [2.45, 2.75) is 0 Å². The molecule has 0 unspecified atom stereocenters. The van der Waals surface area contributed by atoms with Crippen molar-refractivity contribution in [1.29, 1.82) is 0 Å². The number of hydrogen-bond acceptors (Lipinski definition) is 6. The average molecular weight is 441 g/mol. The predicted octanol–water partition coefficient (Wildman–Crippen LogP) is 2.75. The number of anilines is 1. The number of nitrogens with zero attached hydrogens (tertiary/aromatic N) is 5. The second-order valence-corrected chi connectivity index (χ2v) is 7.79. The van der Waals surface area contributed by atoms with E-state index in [2.05, 4.69) is 14.9 Å². The molecule has 1 aliphatic rings. The molecule has 166 valence electrons. The van der Waals surface area contributed by atoms with Gasteiger partial charge < -0.3 is 14.5 Å². The van der Waals surface area contributed by atoms with Crippen LogP contribution in [-0.2, 0) is 0 Å². The van der Waals surface area contributed by atoms with Crippen LogP contribution in [-0.4, -0.2) is 58.6 Å². The molecule has 0 saturated carbocycles. The van der Waals surface area contributed by atoms with Crippen molar-refractivity contribution in [1.82, 2.24) is 19.4 Å². The lowest BCUT2D eigenvalue weighted by Gasteiger charge is -2.34. The molecule has 4 aromatic rings. The molecule has 0 aliphatic carbocycles. The summed E-state index contributed by atoms with van der Waals surface area (Å²) in [7, 11) is 1.59. The minimum absolute atomic E-state index is 0.0953. The second-order valence-electron chi connectivity index (χ2n) is 7.79. The molecular formula is C25H23N5O3. The smallest absolute Gasteiger partial charge is 0.262 e. The van der Waals surface area contributed by atoms with Crippen molar-refractivity contribution in [2.24, 2.45) is 0 Å². The van der Waals surface area contributed by atoms with Gasteiger partial charge in [0.1, 0.15) is 5.75 Å². The summed E-state index contributed by atoms with van der Waals surface area (Å²) >= 11 is 0. The molecule has 8 heteroatoms. The Morgan fingerprint density at radius 2 is 1.55 bits per heavy atom. The van der Waals surface area contributed by atoms with Crippen LogP contribution in [0.2, 0.25) is 0 Å². The first-order chi connectivity index (χ1) is 16.2. The Labute approximate surface area is 190 Å².